The van der Waals surface area contributed by atoms with Crippen LogP contribution < -0.4 is 5.73 Å². The molecule has 16 heavy (non-hydrogen) atoms. The first-order chi connectivity index (χ1) is 7.75. The number of nitrogens with two attached hydrogens (primary N) is 1. The maximum absolute atomic E-state index is 6.18. The highest BCUT2D eigenvalue weighted by Gasteiger charge is 2.06. The molecule has 1 nitrogen and oxygen atoms in total. The lowest BCUT2D eigenvalue weighted by atomic mass is 10.00. The minimum Gasteiger partial charge on any atom is -0.324 e. The second kappa shape index (κ2) is 5.28. The molecule has 0 heterocycles. The Labute approximate surface area is 104 Å². The van der Waals surface area contributed by atoms with Crippen LogP contribution in [-0.4, -0.2) is 0 Å². The molecule has 0 aliphatic heterocycles. The summed E-state index contributed by atoms with van der Waals surface area (Å²) in [6, 6.07) is 18.6. The summed E-state index contributed by atoms with van der Waals surface area (Å²) in [5.74, 6) is 0. The van der Waals surface area contributed by atoms with E-state index >= 15 is 0 Å². The average Bonchev–Trinajstić information content (AvgIpc) is 2.30. The van der Waals surface area contributed by atoms with Crippen molar-refractivity contribution in [2.45, 2.75) is 12.5 Å². The first kappa shape index (κ1) is 11.4. The van der Waals surface area contributed by atoms with Gasteiger partial charge < -0.3 is 5.73 Å². The third kappa shape index (κ3) is 2.94. The van der Waals surface area contributed by atoms with Gasteiger partial charge in [0.2, 0.25) is 0 Å². The molecule has 0 bridgehead atoms. The predicted molar refractivity (Wildman–Crippen MR) is 71.2 cm³/mol. The van der Waals surface area contributed by atoms with Gasteiger partial charge in [0.05, 0.1) is 0 Å². The maximum atomic E-state index is 6.18. The standard InChI is InChI=1S/C14H14BrN/c15-13-8-4-7-12(10-13)14(16)9-11-5-2-1-3-6-11/h1-8,10,14H,9,16H2. The Bertz CT molecular complexity index is 453. The molecule has 1 unspecified atom stereocenters. The van der Waals surface area contributed by atoms with Crippen LogP contribution in [0.25, 0.3) is 0 Å². The van der Waals surface area contributed by atoms with Gasteiger partial charge in [-0.05, 0) is 29.7 Å². The highest BCUT2D eigenvalue weighted by atomic mass is 79.9. The predicted octanol–water partition coefficient (Wildman–Crippen LogP) is 3.69. The molecule has 2 rings (SSSR count). The second-order valence-corrected chi connectivity index (χ2v) is 4.77. The topological polar surface area (TPSA) is 26.0 Å². The summed E-state index contributed by atoms with van der Waals surface area (Å²) in [5.41, 5.74) is 8.61. The van der Waals surface area contributed by atoms with Crippen LogP contribution in [0.4, 0.5) is 0 Å². The summed E-state index contributed by atoms with van der Waals surface area (Å²) in [6.45, 7) is 0. The van der Waals surface area contributed by atoms with Gasteiger partial charge in [0, 0.05) is 10.5 Å². The molecule has 0 fully saturated rings. The normalized spacial score (nSPS) is 12.4. The zero-order chi connectivity index (χ0) is 11.4. The smallest absolute Gasteiger partial charge is 0.0336 e. The van der Waals surface area contributed by atoms with Crippen molar-refractivity contribution in [2.75, 3.05) is 0 Å². The van der Waals surface area contributed by atoms with Crippen LogP contribution in [0.15, 0.2) is 59.1 Å². The van der Waals surface area contributed by atoms with Gasteiger partial charge in [-0.25, -0.2) is 0 Å². The van der Waals surface area contributed by atoms with Crippen molar-refractivity contribution in [3.8, 4) is 0 Å². The average molecular weight is 276 g/mol. The van der Waals surface area contributed by atoms with Crippen molar-refractivity contribution in [3.05, 3.63) is 70.2 Å². The van der Waals surface area contributed by atoms with Crippen LogP contribution >= 0.6 is 15.9 Å². The van der Waals surface area contributed by atoms with Crippen LogP contribution in [0, 0.1) is 0 Å². The molecule has 82 valence electrons. The van der Waals surface area contributed by atoms with E-state index < -0.39 is 0 Å². The van der Waals surface area contributed by atoms with Crippen molar-refractivity contribution < 1.29 is 0 Å². The number of halogens is 1. The Morgan fingerprint density at radius 3 is 2.44 bits per heavy atom. The van der Waals surface area contributed by atoms with Crippen molar-refractivity contribution >= 4 is 15.9 Å². The van der Waals surface area contributed by atoms with E-state index in [1.54, 1.807) is 0 Å². The summed E-state index contributed by atoms with van der Waals surface area (Å²) in [4.78, 5) is 0. The maximum Gasteiger partial charge on any atom is 0.0336 e. The summed E-state index contributed by atoms with van der Waals surface area (Å²) < 4.78 is 1.08. The summed E-state index contributed by atoms with van der Waals surface area (Å²) in [6.07, 6.45) is 0.872. The van der Waals surface area contributed by atoms with Crippen molar-refractivity contribution in [3.63, 3.8) is 0 Å². The molecule has 1 atom stereocenters. The summed E-state index contributed by atoms with van der Waals surface area (Å²) in [7, 11) is 0. The monoisotopic (exact) mass is 275 g/mol. The van der Waals surface area contributed by atoms with Gasteiger partial charge in [0.25, 0.3) is 0 Å². The third-order valence-electron chi connectivity index (χ3n) is 2.58. The Hall–Kier alpha value is -1.12. The molecule has 2 aromatic carbocycles. The van der Waals surface area contributed by atoms with Crippen molar-refractivity contribution in [2.24, 2.45) is 5.73 Å². The van der Waals surface area contributed by atoms with Gasteiger partial charge in [-0.15, -0.1) is 0 Å². The van der Waals surface area contributed by atoms with E-state index in [0.29, 0.717) is 0 Å². The fourth-order valence-corrected chi connectivity index (χ4v) is 2.14. The molecule has 2 heteroatoms. The van der Waals surface area contributed by atoms with Crippen LogP contribution in [0.3, 0.4) is 0 Å². The number of hydrogen-bond acceptors (Lipinski definition) is 1. The van der Waals surface area contributed by atoms with Gasteiger partial charge in [-0.2, -0.15) is 0 Å². The molecule has 0 radical (unpaired) electrons. The van der Waals surface area contributed by atoms with Gasteiger partial charge in [0.1, 0.15) is 0 Å². The highest BCUT2D eigenvalue weighted by Crippen LogP contribution is 2.19. The molecule has 0 amide bonds. The van der Waals surface area contributed by atoms with E-state index in [0.717, 1.165) is 10.9 Å². The van der Waals surface area contributed by atoms with Crippen LogP contribution in [-0.2, 0) is 6.42 Å². The Morgan fingerprint density at radius 2 is 1.75 bits per heavy atom. The zero-order valence-electron chi connectivity index (χ0n) is 8.94. The number of hydrogen-bond donors (Lipinski definition) is 1. The SMILES string of the molecule is NC(Cc1ccccc1)c1cccc(Br)c1. The Balaban J connectivity index is 2.12. The molecule has 0 aromatic heterocycles. The van der Waals surface area contributed by atoms with E-state index in [1.165, 1.54) is 11.1 Å². The zero-order valence-corrected chi connectivity index (χ0v) is 10.5. The van der Waals surface area contributed by atoms with Crippen LogP contribution in [0.5, 0.6) is 0 Å². The summed E-state index contributed by atoms with van der Waals surface area (Å²) >= 11 is 3.46. The lowest BCUT2D eigenvalue weighted by Gasteiger charge is -2.12. The molecule has 0 spiro atoms. The minimum atomic E-state index is 0.0555. The van der Waals surface area contributed by atoms with E-state index in [-0.39, 0.29) is 6.04 Å². The molecule has 2 N–H and O–H groups in total. The van der Waals surface area contributed by atoms with Crippen LogP contribution in [0.2, 0.25) is 0 Å². The highest BCUT2D eigenvalue weighted by molar-refractivity contribution is 9.10. The Kier molecular flexibility index (Phi) is 3.75. The van der Waals surface area contributed by atoms with Crippen LogP contribution in [0.1, 0.15) is 17.2 Å². The fourth-order valence-electron chi connectivity index (χ4n) is 1.72. The molecular formula is C14H14BrN. The Morgan fingerprint density at radius 1 is 1.00 bits per heavy atom. The quantitative estimate of drug-likeness (QED) is 0.909. The van der Waals surface area contributed by atoms with Gasteiger partial charge in [-0.1, -0.05) is 58.4 Å². The van der Waals surface area contributed by atoms with Gasteiger partial charge >= 0.3 is 0 Å². The molecular weight excluding hydrogens is 262 g/mol. The van der Waals surface area contributed by atoms with E-state index in [2.05, 4.69) is 40.2 Å². The van der Waals surface area contributed by atoms with Crippen molar-refractivity contribution in [1.82, 2.24) is 0 Å². The van der Waals surface area contributed by atoms with Crippen molar-refractivity contribution in [1.29, 1.82) is 0 Å². The second-order valence-electron chi connectivity index (χ2n) is 3.85. The molecule has 0 aliphatic rings. The lowest BCUT2D eigenvalue weighted by molar-refractivity contribution is 0.721. The fraction of sp³-hybridized carbons (Fsp3) is 0.143. The van der Waals surface area contributed by atoms with E-state index in [1.807, 2.05) is 30.3 Å². The molecule has 0 saturated carbocycles. The largest absolute Gasteiger partial charge is 0.324 e. The van der Waals surface area contributed by atoms with Gasteiger partial charge in [0.15, 0.2) is 0 Å². The number of rotatable bonds is 3. The first-order valence-corrected chi connectivity index (χ1v) is 6.10. The minimum absolute atomic E-state index is 0.0555. The third-order valence-corrected chi connectivity index (χ3v) is 3.07. The van der Waals surface area contributed by atoms with E-state index in [9.17, 15) is 0 Å². The summed E-state index contributed by atoms with van der Waals surface area (Å²) in [5, 5.41) is 0. The lowest BCUT2D eigenvalue weighted by Crippen LogP contribution is -2.13. The van der Waals surface area contributed by atoms with E-state index in [4.69, 9.17) is 5.73 Å². The van der Waals surface area contributed by atoms with Gasteiger partial charge in [-0.3, -0.25) is 0 Å². The molecule has 0 saturated heterocycles. The molecule has 0 aliphatic carbocycles. The first-order valence-electron chi connectivity index (χ1n) is 5.30. The molecule has 2 aromatic rings. The number of benzene rings is 2.